The fourth-order valence-corrected chi connectivity index (χ4v) is 1.99. The van der Waals surface area contributed by atoms with Gasteiger partial charge in [0.1, 0.15) is 5.75 Å². The molecule has 2 aromatic rings. The van der Waals surface area contributed by atoms with Crippen LogP contribution in [0.15, 0.2) is 48.5 Å². The van der Waals surface area contributed by atoms with E-state index in [1.807, 2.05) is 0 Å². The first-order chi connectivity index (χ1) is 11.0. The van der Waals surface area contributed by atoms with Gasteiger partial charge >= 0.3 is 0 Å². The van der Waals surface area contributed by atoms with Crippen molar-refractivity contribution in [2.45, 2.75) is 6.10 Å². The molecular formula is C16H16N2O5. The number of hydrogen-bond donors (Lipinski definition) is 2. The molecule has 0 radical (unpaired) electrons. The zero-order valence-electron chi connectivity index (χ0n) is 12.4. The molecule has 2 rings (SSSR count). The van der Waals surface area contributed by atoms with E-state index >= 15 is 0 Å². The molecule has 1 amide bonds. The molecule has 0 fully saturated rings. The number of ether oxygens (including phenoxy) is 1. The molecule has 0 heterocycles. The monoisotopic (exact) mass is 316 g/mol. The summed E-state index contributed by atoms with van der Waals surface area (Å²) in [6.45, 7) is -0.00610. The van der Waals surface area contributed by atoms with E-state index in [0.29, 0.717) is 16.9 Å². The summed E-state index contributed by atoms with van der Waals surface area (Å²) in [6.07, 6.45) is -0.953. The minimum atomic E-state index is -0.953. The SMILES string of the molecule is COc1cccc(C(=O)NCC(O)c2ccc([N+](=O)[O-])cc2)c1. The molecule has 1 atom stereocenters. The number of nitrogens with zero attached hydrogens (tertiary/aromatic N) is 1. The van der Waals surface area contributed by atoms with Crippen LogP contribution in [0, 0.1) is 10.1 Å². The lowest BCUT2D eigenvalue weighted by Crippen LogP contribution is -2.28. The van der Waals surface area contributed by atoms with Crippen LogP contribution in [-0.2, 0) is 0 Å². The van der Waals surface area contributed by atoms with Crippen LogP contribution in [0.1, 0.15) is 22.0 Å². The molecule has 0 aromatic heterocycles. The summed E-state index contributed by atoms with van der Waals surface area (Å²) in [6, 6.07) is 12.2. The van der Waals surface area contributed by atoms with Crippen molar-refractivity contribution in [3.8, 4) is 5.75 Å². The highest BCUT2D eigenvalue weighted by molar-refractivity contribution is 5.94. The summed E-state index contributed by atoms with van der Waals surface area (Å²) in [5.41, 5.74) is 0.850. The molecule has 23 heavy (non-hydrogen) atoms. The molecule has 0 spiro atoms. The van der Waals surface area contributed by atoms with Crippen LogP contribution in [-0.4, -0.2) is 29.6 Å². The number of non-ortho nitro benzene ring substituents is 1. The second-order valence-corrected chi connectivity index (χ2v) is 4.81. The molecule has 2 aromatic carbocycles. The van der Waals surface area contributed by atoms with Gasteiger partial charge in [0.25, 0.3) is 11.6 Å². The maximum Gasteiger partial charge on any atom is 0.269 e. The Labute approximate surface area is 132 Å². The summed E-state index contributed by atoms with van der Waals surface area (Å²) in [4.78, 5) is 22.1. The quantitative estimate of drug-likeness (QED) is 0.627. The lowest BCUT2D eigenvalue weighted by molar-refractivity contribution is -0.384. The van der Waals surface area contributed by atoms with Gasteiger partial charge in [0.15, 0.2) is 0 Å². The van der Waals surface area contributed by atoms with Gasteiger partial charge in [-0.15, -0.1) is 0 Å². The normalized spacial score (nSPS) is 11.6. The smallest absolute Gasteiger partial charge is 0.269 e. The molecule has 0 saturated heterocycles. The van der Waals surface area contributed by atoms with E-state index in [2.05, 4.69) is 5.32 Å². The molecule has 0 aliphatic rings. The van der Waals surface area contributed by atoms with E-state index in [0.717, 1.165) is 0 Å². The second-order valence-electron chi connectivity index (χ2n) is 4.81. The van der Waals surface area contributed by atoms with Gasteiger partial charge in [-0.1, -0.05) is 6.07 Å². The van der Waals surface area contributed by atoms with Crippen molar-refractivity contribution in [2.24, 2.45) is 0 Å². The van der Waals surface area contributed by atoms with E-state index in [1.165, 1.54) is 31.4 Å². The summed E-state index contributed by atoms with van der Waals surface area (Å²) < 4.78 is 5.05. The standard InChI is InChI=1S/C16H16N2O5/c1-23-14-4-2-3-12(9-14)16(20)17-10-15(19)11-5-7-13(8-6-11)18(21)22/h2-9,15,19H,10H2,1H3,(H,17,20). The minimum Gasteiger partial charge on any atom is -0.497 e. The summed E-state index contributed by atoms with van der Waals surface area (Å²) in [5, 5.41) is 23.2. The van der Waals surface area contributed by atoms with E-state index < -0.39 is 11.0 Å². The zero-order chi connectivity index (χ0) is 16.8. The molecule has 2 N–H and O–H groups in total. The Balaban J connectivity index is 1.96. The largest absolute Gasteiger partial charge is 0.497 e. The van der Waals surface area contributed by atoms with Crippen LogP contribution in [0.5, 0.6) is 5.75 Å². The summed E-state index contributed by atoms with van der Waals surface area (Å²) >= 11 is 0. The Bertz CT molecular complexity index is 700. The molecule has 7 heteroatoms. The highest BCUT2D eigenvalue weighted by Crippen LogP contribution is 2.17. The highest BCUT2D eigenvalue weighted by Gasteiger charge is 2.13. The number of methoxy groups -OCH3 is 1. The lowest BCUT2D eigenvalue weighted by Gasteiger charge is -2.12. The first kappa shape index (κ1) is 16.4. The third kappa shape index (κ3) is 4.27. The number of nitro groups is 1. The van der Waals surface area contributed by atoms with Crippen molar-refractivity contribution in [3.63, 3.8) is 0 Å². The van der Waals surface area contributed by atoms with E-state index in [4.69, 9.17) is 4.74 Å². The predicted octanol–water partition coefficient (Wildman–Crippen LogP) is 2.07. The molecule has 120 valence electrons. The zero-order valence-corrected chi connectivity index (χ0v) is 12.4. The average molecular weight is 316 g/mol. The van der Waals surface area contributed by atoms with Gasteiger partial charge in [-0.3, -0.25) is 14.9 Å². The van der Waals surface area contributed by atoms with Gasteiger partial charge < -0.3 is 15.2 Å². The van der Waals surface area contributed by atoms with Crippen molar-refractivity contribution >= 4 is 11.6 Å². The van der Waals surface area contributed by atoms with Gasteiger partial charge in [-0.05, 0) is 35.9 Å². The number of hydrogen-bond acceptors (Lipinski definition) is 5. The number of aliphatic hydroxyl groups excluding tert-OH is 1. The highest BCUT2D eigenvalue weighted by atomic mass is 16.6. The minimum absolute atomic E-state index is 0.00610. The average Bonchev–Trinajstić information content (AvgIpc) is 2.59. The second kappa shape index (κ2) is 7.37. The lowest BCUT2D eigenvalue weighted by atomic mass is 10.1. The topological polar surface area (TPSA) is 102 Å². The van der Waals surface area contributed by atoms with E-state index in [-0.39, 0.29) is 18.1 Å². The van der Waals surface area contributed by atoms with Gasteiger partial charge in [0.2, 0.25) is 0 Å². The molecule has 7 nitrogen and oxygen atoms in total. The number of benzene rings is 2. The van der Waals surface area contributed by atoms with Crippen molar-refractivity contribution in [2.75, 3.05) is 13.7 Å². The predicted molar refractivity (Wildman–Crippen MR) is 83.4 cm³/mol. The maximum atomic E-state index is 12.0. The Morgan fingerprint density at radius 1 is 1.30 bits per heavy atom. The fraction of sp³-hybridized carbons (Fsp3) is 0.188. The van der Waals surface area contributed by atoms with Crippen LogP contribution in [0.2, 0.25) is 0 Å². The van der Waals surface area contributed by atoms with Crippen LogP contribution in [0.3, 0.4) is 0 Å². The van der Waals surface area contributed by atoms with Crippen LogP contribution >= 0.6 is 0 Å². The number of rotatable bonds is 6. The van der Waals surface area contributed by atoms with Crippen molar-refractivity contribution in [1.82, 2.24) is 5.32 Å². The first-order valence-electron chi connectivity index (χ1n) is 6.86. The van der Waals surface area contributed by atoms with Crippen LogP contribution in [0.4, 0.5) is 5.69 Å². The molecular weight excluding hydrogens is 300 g/mol. The third-order valence-corrected chi connectivity index (χ3v) is 3.28. The van der Waals surface area contributed by atoms with Crippen LogP contribution < -0.4 is 10.1 Å². The van der Waals surface area contributed by atoms with Gasteiger partial charge in [-0.25, -0.2) is 0 Å². The maximum absolute atomic E-state index is 12.0. The molecule has 1 unspecified atom stereocenters. The molecule has 0 aliphatic carbocycles. The van der Waals surface area contributed by atoms with Crippen molar-refractivity contribution in [3.05, 3.63) is 69.8 Å². The Kier molecular flexibility index (Phi) is 5.27. The molecule has 0 bridgehead atoms. The number of carbonyl (C=O) groups excluding carboxylic acids is 1. The Morgan fingerprint density at radius 3 is 2.61 bits per heavy atom. The van der Waals surface area contributed by atoms with Gasteiger partial charge in [-0.2, -0.15) is 0 Å². The van der Waals surface area contributed by atoms with Crippen LogP contribution in [0.25, 0.3) is 0 Å². The Hall–Kier alpha value is -2.93. The molecule has 0 saturated carbocycles. The van der Waals surface area contributed by atoms with E-state index in [1.54, 1.807) is 24.3 Å². The summed E-state index contributed by atoms with van der Waals surface area (Å²) in [7, 11) is 1.51. The number of nitrogens with one attached hydrogen (secondary N) is 1. The van der Waals surface area contributed by atoms with Crippen molar-refractivity contribution < 1.29 is 19.6 Å². The molecule has 0 aliphatic heterocycles. The number of aliphatic hydroxyl groups is 1. The fourth-order valence-electron chi connectivity index (χ4n) is 1.99. The number of nitro benzene ring substituents is 1. The number of amides is 1. The van der Waals surface area contributed by atoms with E-state index in [9.17, 15) is 20.0 Å². The third-order valence-electron chi connectivity index (χ3n) is 3.28. The number of carbonyl (C=O) groups is 1. The Morgan fingerprint density at radius 2 is 2.00 bits per heavy atom. The van der Waals surface area contributed by atoms with Crippen molar-refractivity contribution in [1.29, 1.82) is 0 Å². The van der Waals surface area contributed by atoms with Gasteiger partial charge in [0, 0.05) is 24.2 Å². The first-order valence-corrected chi connectivity index (χ1v) is 6.86. The van der Waals surface area contributed by atoms with Gasteiger partial charge in [0.05, 0.1) is 18.1 Å². The summed E-state index contributed by atoms with van der Waals surface area (Å²) in [5.74, 6) is 0.221.